The number of carbonyl (C=O) groups is 1. The van der Waals surface area contributed by atoms with Crippen LogP contribution in [0.4, 0.5) is 0 Å². The van der Waals surface area contributed by atoms with Crippen LogP contribution < -0.4 is 5.32 Å². The Kier molecular flexibility index (Phi) is 8.20. The Hall–Kier alpha value is -0.500. The Bertz CT molecular complexity index is 440. The van der Waals surface area contributed by atoms with Gasteiger partial charge >= 0.3 is 0 Å². The number of carbonyl (C=O) groups excluding carboxylic acids is 1. The maximum atomic E-state index is 10.9. The van der Waals surface area contributed by atoms with Gasteiger partial charge in [-0.05, 0) is 11.1 Å². The van der Waals surface area contributed by atoms with Crippen LogP contribution in [0.3, 0.4) is 0 Å². The van der Waals surface area contributed by atoms with Gasteiger partial charge in [-0.1, -0.05) is 45.9 Å². The molecule has 0 radical (unpaired) electrons. The Balaban J connectivity index is 2.32. The molecule has 4 nitrogen and oxygen atoms in total. The Morgan fingerprint density at radius 1 is 1.32 bits per heavy atom. The van der Waals surface area contributed by atoms with Gasteiger partial charge in [0.1, 0.15) is 0 Å². The first kappa shape index (κ1) is 16.6. The molecule has 1 unspecified atom stereocenters. The largest absolute Gasteiger partial charge is 0.355 e. The first-order chi connectivity index (χ1) is 9.09. The van der Waals surface area contributed by atoms with Gasteiger partial charge in [0, 0.05) is 25.0 Å². The summed E-state index contributed by atoms with van der Waals surface area (Å²) in [5.74, 6) is 1.80. The first-order valence-corrected chi connectivity index (χ1v) is 9.49. The van der Waals surface area contributed by atoms with Crippen LogP contribution in [0.15, 0.2) is 24.3 Å². The molecule has 0 heterocycles. The van der Waals surface area contributed by atoms with Crippen molar-refractivity contribution in [1.29, 1.82) is 0 Å². The van der Waals surface area contributed by atoms with E-state index in [9.17, 15) is 9.00 Å². The fourth-order valence-corrected chi connectivity index (χ4v) is 3.98. The Morgan fingerprint density at radius 2 is 2.00 bits per heavy atom. The molecule has 1 rings (SSSR count). The van der Waals surface area contributed by atoms with Crippen molar-refractivity contribution < 1.29 is 13.6 Å². The lowest BCUT2D eigenvalue weighted by Gasteiger charge is -2.07. The van der Waals surface area contributed by atoms with Gasteiger partial charge in [-0.25, -0.2) is 4.21 Å². The van der Waals surface area contributed by atoms with Crippen molar-refractivity contribution in [3.05, 3.63) is 35.4 Å². The molecule has 0 aliphatic rings. The van der Waals surface area contributed by atoms with Crippen molar-refractivity contribution in [3.63, 3.8) is 0 Å². The summed E-state index contributed by atoms with van der Waals surface area (Å²) in [5.41, 5.74) is 2.00. The molecule has 0 aromatic heterocycles. The van der Waals surface area contributed by atoms with E-state index in [0.29, 0.717) is 6.54 Å². The molecule has 1 amide bonds. The van der Waals surface area contributed by atoms with Crippen molar-refractivity contribution >= 4 is 38.6 Å². The summed E-state index contributed by atoms with van der Waals surface area (Å²) < 4.78 is 19.8. The van der Waals surface area contributed by atoms with Crippen LogP contribution in [0.5, 0.6) is 0 Å². The quantitative estimate of drug-likeness (QED) is 0.438. The van der Waals surface area contributed by atoms with Crippen LogP contribution in [0, 0.1) is 0 Å². The number of nitrogens with one attached hydrogen (secondary N) is 1. The lowest BCUT2D eigenvalue weighted by atomic mass is 10.1. The minimum Gasteiger partial charge on any atom is -0.355 e. The van der Waals surface area contributed by atoms with E-state index in [2.05, 4.69) is 5.32 Å². The van der Waals surface area contributed by atoms with Gasteiger partial charge in [0.2, 0.25) is 5.91 Å². The fourth-order valence-electron chi connectivity index (χ4n) is 1.40. The summed E-state index contributed by atoms with van der Waals surface area (Å²) in [6.45, 7) is 2.17. The number of rotatable bonds is 8. The molecule has 106 valence electrons. The second-order valence-electron chi connectivity index (χ2n) is 3.80. The molecule has 1 atom stereocenters. The fraction of sp³-hybridized carbons (Fsp3) is 0.417. The van der Waals surface area contributed by atoms with E-state index >= 15 is 0 Å². The molecular weight excluding hydrogens is 302 g/mol. The second kappa shape index (κ2) is 9.41. The normalized spacial score (nSPS) is 12.1. The van der Waals surface area contributed by atoms with Gasteiger partial charge < -0.3 is 9.87 Å². The first-order valence-electron chi connectivity index (χ1n) is 5.72. The summed E-state index contributed by atoms with van der Waals surface area (Å²) in [7, 11) is 3.37. The highest BCUT2D eigenvalue weighted by atomic mass is 33.1. The summed E-state index contributed by atoms with van der Waals surface area (Å²) >= 11 is -1.81. The predicted molar refractivity (Wildman–Crippen MR) is 83.4 cm³/mol. The van der Waals surface area contributed by atoms with Gasteiger partial charge in [0.15, 0.2) is 11.1 Å². The van der Waals surface area contributed by atoms with E-state index in [-0.39, 0.29) is 11.7 Å². The van der Waals surface area contributed by atoms with Crippen molar-refractivity contribution in [1.82, 2.24) is 5.32 Å². The van der Waals surface area contributed by atoms with Crippen molar-refractivity contribution in [2.45, 2.75) is 18.4 Å². The number of amides is 1. The predicted octanol–water partition coefficient (Wildman–Crippen LogP) is 2.43. The molecule has 0 saturated carbocycles. The molecule has 0 fully saturated rings. The second-order valence-corrected chi connectivity index (χ2v) is 7.32. The summed E-state index contributed by atoms with van der Waals surface area (Å²) in [6.07, 6.45) is 0. The van der Waals surface area contributed by atoms with E-state index in [1.807, 2.05) is 24.3 Å². The summed E-state index contributed by atoms with van der Waals surface area (Å²) in [4.78, 5) is 10.7. The molecule has 0 aliphatic heterocycles. The van der Waals surface area contributed by atoms with Gasteiger partial charge in [-0.2, -0.15) is 0 Å². The summed E-state index contributed by atoms with van der Waals surface area (Å²) in [6, 6.07) is 7.66. The third-order valence-electron chi connectivity index (χ3n) is 2.25. The van der Waals surface area contributed by atoms with E-state index < -0.39 is 11.1 Å². The van der Waals surface area contributed by atoms with E-state index in [4.69, 9.17) is 4.55 Å². The molecule has 2 N–H and O–H groups in total. The molecule has 0 aliphatic carbocycles. The van der Waals surface area contributed by atoms with Crippen LogP contribution in [-0.4, -0.2) is 27.0 Å². The van der Waals surface area contributed by atoms with Crippen LogP contribution in [-0.2, 0) is 27.4 Å². The molecule has 19 heavy (non-hydrogen) atoms. The lowest BCUT2D eigenvalue weighted by molar-refractivity contribution is -0.118. The van der Waals surface area contributed by atoms with Crippen LogP contribution in [0.1, 0.15) is 18.1 Å². The lowest BCUT2D eigenvalue weighted by Crippen LogP contribution is -2.22. The van der Waals surface area contributed by atoms with Crippen molar-refractivity contribution in [3.8, 4) is 0 Å². The Morgan fingerprint density at radius 3 is 2.63 bits per heavy atom. The third kappa shape index (κ3) is 7.61. The number of hydrogen-bond donors (Lipinski definition) is 2. The molecule has 1 aromatic carbocycles. The van der Waals surface area contributed by atoms with Gasteiger partial charge in [-0.15, -0.1) is 0 Å². The maximum absolute atomic E-state index is 10.9. The van der Waals surface area contributed by atoms with Crippen molar-refractivity contribution in [2.75, 3.05) is 12.3 Å². The highest BCUT2D eigenvalue weighted by Gasteiger charge is 2.05. The zero-order valence-electron chi connectivity index (χ0n) is 10.6. The van der Waals surface area contributed by atoms with Crippen LogP contribution in [0.25, 0.3) is 0 Å². The Labute approximate surface area is 123 Å². The van der Waals surface area contributed by atoms with E-state index in [1.165, 1.54) is 6.92 Å². The highest BCUT2D eigenvalue weighted by molar-refractivity contribution is 8.76. The molecular formula is C12H17NO3S3. The molecule has 0 saturated heterocycles. The SMILES string of the molecule is CC(=O)NCCSSCc1ccccc1CS(=O)O. The van der Waals surface area contributed by atoms with Gasteiger partial charge in [0.05, 0.1) is 5.75 Å². The monoisotopic (exact) mass is 319 g/mol. The zero-order chi connectivity index (χ0) is 14.1. The molecule has 0 spiro atoms. The molecule has 1 aromatic rings. The zero-order valence-corrected chi connectivity index (χ0v) is 13.1. The van der Waals surface area contributed by atoms with Gasteiger partial charge in [-0.3, -0.25) is 4.79 Å². The standard InChI is InChI=1S/C12H17NO3S3/c1-10(14)13-6-7-17-18-8-11-4-2-3-5-12(11)9-19(15)16/h2-5H,6-9H2,1H3,(H,13,14)(H,15,16). The minimum atomic E-state index is -1.81. The van der Waals surface area contributed by atoms with E-state index in [0.717, 1.165) is 22.6 Å². The molecule has 0 bridgehead atoms. The van der Waals surface area contributed by atoms with Gasteiger partial charge in [0.25, 0.3) is 0 Å². The minimum absolute atomic E-state index is 0.0126. The average molecular weight is 319 g/mol. The smallest absolute Gasteiger partial charge is 0.216 e. The van der Waals surface area contributed by atoms with Crippen molar-refractivity contribution in [2.24, 2.45) is 0 Å². The summed E-state index contributed by atoms with van der Waals surface area (Å²) in [5, 5.41) is 2.74. The van der Waals surface area contributed by atoms with Crippen LogP contribution >= 0.6 is 21.6 Å². The number of hydrogen-bond acceptors (Lipinski definition) is 4. The average Bonchev–Trinajstić information content (AvgIpc) is 2.34. The molecule has 7 heteroatoms. The maximum Gasteiger partial charge on any atom is 0.216 e. The van der Waals surface area contributed by atoms with Crippen LogP contribution in [0.2, 0.25) is 0 Å². The topological polar surface area (TPSA) is 66.4 Å². The highest BCUT2D eigenvalue weighted by Crippen LogP contribution is 2.27. The third-order valence-corrected chi connectivity index (χ3v) is 5.13. The van der Waals surface area contributed by atoms with E-state index in [1.54, 1.807) is 21.6 Å². The number of benzene rings is 1.